The maximum atomic E-state index is 13.3. The SMILES string of the molecule is CN=C(C)c1c(-c2ccc(Oc3ccc(F)cc3)cc2)oc2cc3c(cc12)C(C)OC(=C(C)OC(=O)CCC(=O)O)CN3S(C)(=O)=O. The standard InChI is InChI=1S/C34H33FN2O9S/c1-19(36-4)33-27-16-26-20(2)43-30(21(3)44-32(40)15-14-31(38)39)18-37(47(5,41)42)28(26)17-29(27)46-34(33)22-6-10-24(11-7-22)45-25-12-8-23(35)9-13-25/h6-13,16-17,20H,14-15,18H2,1-5H3,(H,38,39). The number of hydrogen-bond donors (Lipinski definition) is 1. The van der Waals surface area contributed by atoms with Gasteiger partial charge in [0.15, 0.2) is 5.76 Å². The van der Waals surface area contributed by atoms with Crippen LogP contribution >= 0.6 is 0 Å². The number of carbonyl (C=O) groups excluding carboxylic acids is 1. The van der Waals surface area contributed by atoms with Crippen molar-refractivity contribution in [3.8, 4) is 22.8 Å². The van der Waals surface area contributed by atoms with Crippen molar-refractivity contribution in [3.63, 3.8) is 0 Å². The third-order valence-corrected chi connectivity index (χ3v) is 8.74. The highest BCUT2D eigenvalue weighted by Gasteiger charge is 2.33. The van der Waals surface area contributed by atoms with Gasteiger partial charge in [0.05, 0.1) is 31.3 Å². The molecule has 1 N–H and O–H groups in total. The van der Waals surface area contributed by atoms with Crippen molar-refractivity contribution in [2.45, 2.75) is 39.7 Å². The zero-order valence-corrected chi connectivity index (χ0v) is 27.2. The number of fused-ring (bicyclic) bond motifs is 2. The van der Waals surface area contributed by atoms with Crippen LogP contribution in [0.15, 0.2) is 81.6 Å². The number of allylic oxidation sites excluding steroid dienone is 1. The van der Waals surface area contributed by atoms with E-state index in [9.17, 15) is 22.4 Å². The van der Waals surface area contributed by atoms with Crippen molar-refractivity contribution in [1.29, 1.82) is 0 Å². The average Bonchev–Trinajstić information content (AvgIpc) is 3.32. The summed E-state index contributed by atoms with van der Waals surface area (Å²) in [6.45, 7) is 4.78. The van der Waals surface area contributed by atoms with Crippen molar-refractivity contribution in [1.82, 2.24) is 0 Å². The molecule has 0 spiro atoms. The molecule has 47 heavy (non-hydrogen) atoms. The summed E-state index contributed by atoms with van der Waals surface area (Å²) in [4.78, 5) is 27.5. The van der Waals surface area contributed by atoms with E-state index < -0.39 is 34.5 Å². The number of aliphatic imine (C=N–C) groups is 1. The lowest BCUT2D eigenvalue weighted by Gasteiger charge is -2.22. The number of anilines is 1. The number of rotatable bonds is 9. The lowest BCUT2D eigenvalue weighted by molar-refractivity contribution is -0.145. The Hall–Kier alpha value is -5.17. The minimum Gasteiger partial charge on any atom is -0.485 e. The fraction of sp³-hybridized carbons (Fsp3) is 0.265. The molecule has 1 aliphatic rings. The van der Waals surface area contributed by atoms with Crippen LogP contribution in [-0.4, -0.2) is 51.0 Å². The van der Waals surface area contributed by atoms with Gasteiger partial charge in [0.1, 0.15) is 40.5 Å². The fourth-order valence-corrected chi connectivity index (χ4v) is 6.05. The van der Waals surface area contributed by atoms with Crippen molar-refractivity contribution in [2.75, 3.05) is 24.2 Å². The number of furan rings is 1. The molecule has 0 saturated heterocycles. The van der Waals surface area contributed by atoms with Gasteiger partial charge in [-0.05, 0) is 75.4 Å². The molecule has 0 bridgehead atoms. The Bertz CT molecular complexity index is 2010. The van der Waals surface area contributed by atoms with Gasteiger partial charge in [-0.25, -0.2) is 12.8 Å². The van der Waals surface area contributed by atoms with Gasteiger partial charge in [-0.1, -0.05) is 0 Å². The second kappa shape index (κ2) is 13.3. The van der Waals surface area contributed by atoms with E-state index in [2.05, 4.69) is 4.99 Å². The minimum atomic E-state index is -3.88. The fourth-order valence-electron chi connectivity index (χ4n) is 5.19. The van der Waals surface area contributed by atoms with Gasteiger partial charge < -0.3 is 23.7 Å². The summed E-state index contributed by atoms with van der Waals surface area (Å²) in [7, 11) is -2.22. The van der Waals surface area contributed by atoms with Crippen molar-refractivity contribution in [2.24, 2.45) is 4.99 Å². The van der Waals surface area contributed by atoms with Gasteiger partial charge in [0.2, 0.25) is 10.0 Å². The van der Waals surface area contributed by atoms with Crippen LogP contribution in [0.1, 0.15) is 50.8 Å². The summed E-state index contributed by atoms with van der Waals surface area (Å²) in [6, 6.07) is 16.3. The van der Waals surface area contributed by atoms with Gasteiger partial charge in [0, 0.05) is 40.9 Å². The Labute approximate surface area is 270 Å². The molecule has 3 aromatic carbocycles. The monoisotopic (exact) mass is 664 g/mol. The molecule has 0 aliphatic carbocycles. The first-order valence-corrected chi connectivity index (χ1v) is 16.4. The second-order valence-electron chi connectivity index (χ2n) is 11.0. The lowest BCUT2D eigenvalue weighted by atomic mass is 9.98. The molecule has 13 heteroatoms. The molecule has 2 heterocycles. The first-order valence-electron chi connectivity index (χ1n) is 14.6. The third-order valence-electron chi connectivity index (χ3n) is 7.62. The molecule has 11 nitrogen and oxygen atoms in total. The van der Waals surface area contributed by atoms with E-state index >= 15 is 0 Å². The van der Waals surface area contributed by atoms with Crippen LogP contribution in [-0.2, 0) is 29.1 Å². The number of halogens is 1. The number of aliphatic carboxylic acids is 1. The summed E-state index contributed by atoms with van der Waals surface area (Å²) in [5, 5.41) is 9.56. The second-order valence-corrected chi connectivity index (χ2v) is 12.9. The van der Waals surface area contributed by atoms with E-state index in [0.717, 1.165) is 16.1 Å². The molecule has 0 radical (unpaired) electrons. The molecule has 0 fully saturated rings. The van der Waals surface area contributed by atoms with E-state index in [4.69, 9.17) is 23.7 Å². The number of sulfonamides is 1. The maximum absolute atomic E-state index is 13.3. The molecule has 1 aromatic heterocycles. The van der Waals surface area contributed by atoms with E-state index in [1.165, 1.54) is 31.2 Å². The summed E-state index contributed by atoms with van der Waals surface area (Å²) >= 11 is 0. The number of benzene rings is 3. The van der Waals surface area contributed by atoms with Crippen LogP contribution in [0.25, 0.3) is 22.3 Å². The first kappa shape index (κ1) is 33.2. The van der Waals surface area contributed by atoms with Gasteiger partial charge >= 0.3 is 11.9 Å². The predicted molar refractivity (Wildman–Crippen MR) is 174 cm³/mol. The highest BCUT2D eigenvalue weighted by Crippen LogP contribution is 2.43. The number of nitrogens with zero attached hydrogens (tertiary/aromatic N) is 2. The van der Waals surface area contributed by atoms with Crippen LogP contribution < -0.4 is 9.04 Å². The van der Waals surface area contributed by atoms with Crippen LogP contribution in [0, 0.1) is 5.82 Å². The zero-order chi connectivity index (χ0) is 34.0. The number of carbonyl (C=O) groups is 2. The number of hydrogen-bond acceptors (Lipinski definition) is 9. The van der Waals surface area contributed by atoms with Gasteiger partial charge in [-0.15, -0.1) is 0 Å². The van der Waals surface area contributed by atoms with Crippen LogP contribution in [0.2, 0.25) is 0 Å². The first-order chi connectivity index (χ1) is 22.2. The Morgan fingerprint density at radius 3 is 2.28 bits per heavy atom. The molecule has 0 amide bonds. The van der Waals surface area contributed by atoms with Crippen molar-refractivity contribution in [3.05, 3.63) is 89.1 Å². The van der Waals surface area contributed by atoms with E-state index in [1.807, 2.05) is 25.1 Å². The minimum absolute atomic E-state index is 0.0289. The smallest absolute Gasteiger partial charge is 0.311 e. The van der Waals surface area contributed by atoms with Crippen molar-refractivity contribution < 1.29 is 46.1 Å². The summed E-state index contributed by atoms with van der Waals surface area (Å²) in [5.74, 6) is -0.619. The van der Waals surface area contributed by atoms with Crippen LogP contribution in [0.4, 0.5) is 10.1 Å². The summed E-state index contributed by atoms with van der Waals surface area (Å²) in [6.07, 6.45) is -0.380. The zero-order valence-electron chi connectivity index (χ0n) is 26.4. The molecule has 4 aromatic rings. The highest BCUT2D eigenvalue weighted by molar-refractivity contribution is 7.92. The van der Waals surface area contributed by atoms with Crippen LogP contribution in [0.3, 0.4) is 0 Å². The molecule has 5 rings (SSSR count). The number of esters is 1. The molecule has 1 aliphatic heterocycles. The molecular weight excluding hydrogens is 631 g/mol. The van der Waals surface area contributed by atoms with Gasteiger partial charge in [-0.2, -0.15) is 0 Å². The molecule has 1 atom stereocenters. The van der Waals surface area contributed by atoms with Gasteiger partial charge in [-0.3, -0.25) is 18.9 Å². The normalized spacial score (nSPS) is 16.3. The summed E-state index contributed by atoms with van der Waals surface area (Å²) in [5.41, 5.74) is 3.39. The van der Waals surface area contributed by atoms with E-state index in [1.54, 1.807) is 32.2 Å². The predicted octanol–water partition coefficient (Wildman–Crippen LogP) is 6.97. The van der Waals surface area contributed by atoms with E-state index in [-0.39, 0.29) is 30.3 Å². The number of carboxylic acid groups (broad SMARTS) is 1. The molecule has 1 unspecified atom stereocenters. The third kappa shape index (κ3) is 7.30. The Morgan fingerprint density at radius 2 is 1.68 bits per heavy atom. The Balaban J connectivity index is 1.56. The quantitative estimate of drug-likeness (QED) is 0.114. The number of ether oxygens (including phenoxy) is 3. The van der Waals surface area contributed by atoms with Gasteiger partial charge in [0.25, 0.3) is 0 Å². The largest absolute Gasteiger partial charge is 0.485 e. The maximum Gasteiger partial charge on any atom is 0.311 e. The molecular formula is C34H33FN2O9S. The lowest BCUT2D eigenvalue weighted by Crippen LogP contribution is -2.32. The van der Waals surface area contributed by atoms with Crippen molar-refractivity contribution >= 4 is 44.3 Å². The summed E-state index contributed by atoms with van der Waals surface area (Å²) < 4.78 is 64.4. The Kier molecular flexibility index (Phi) is 9.38. The molecule has 0 saturated carbocycles. The van der Waals surface area contributed by atoms with Crippen LogP contribution in [0.5, 0.6) is 11.5 Å². The van der Waals surface area contributed by atoms with E-state index in [0.29, 0.717) is 50.8 Å². The Morgan fingerprint density at radius 1 is 1.04 bits per heavy atom. The highest BCUT2D eigenvalue weighted by atomic mass is 32.2. The number of carboxylic acids is 1. The topological polar surface area (TPSA) is 145 Å². The molecule has 246 valence electrons. The average molecular weight is 665 g/mol.